The molecule has 0 aliphatic heterocycles. The van der Waals surface area contributed by atoms with Crippen LogP contribution >= 0.6 is 11.6 Å². The number of rotatable bonds is 2. The van der Waals surface area contributed by atoms with E-state index in [9.17, 15) is 9.59 Å². The molecule has 1 aromatic carbocycles. The summed E-state index contributed by atoms with van der Waals surface area (Å²) in [4.78, 5) is 23.7. The van der Waals surface area contributed by atoms with E-state index in [2.05, 4.69) is 5.92 Å². The van der Waals surface area contributed by atoms with Gasteiger partial charge in [-0.1, -0.05) is 29.7 Å². The molecular formula is C13H9ClN2O2. The minimum atomic E-state index is -0.680. The number of hydrogen-bond donors (Lipinski definition) is 0. The second-order valence-electron chi connectivity index (χ2n) is 3.56. The molecule has 0 radical (unpaired) electrons. The zero-order valence-corrected chi connectivity index (χ0v) is 10.1. The molecule has 0 saturated carbocycles. The van der Waals surface area contributed by atoms with Gasteiger partial charge < -0.3 is 0 Å². The quantitative estimate of drug-likeness (QED) is 0.603. The maximum Gasteiger partial charge on any atom is 0.321 e. The van der Waals surface area contributed by atoms with Gasteiger partial charge in [0.05, 0.1) is 17.3 Å². The lowest BCUT2D eigenvalue weighted by Gasteiger charge is -2.08. The summed E-state index contributed by atoms with van der Waals surface area (Å²) in [6.45, 7) is 0.0669. The lowest BCUT2D eigenvalue weighted by Crippen LogP contribution is -2.39. The fourth-order valence-electron chi connectivity index (χ4n) is 1.57. The summed E-state index contributed by atoms with van der Waals surface area (Å²) in [6, 6.07) is 6.79. The van der Waals surface area contributed by atoms with Crippen molar-refractivity contribution in [2.75, 3.05) is 0 Å². The molecule has 1 aromatic heterocycles. The average Bonchev–Trinajstić information content (AvgIpc) is 2.37. The first-order chi connectivity index (χ1) is 8.65. The van der Waals surface area contributed by atoms with Gasteiger partial charge in [0.2, 0.25) is 0 Å². The van der Waals surface area contributed by atoms with Crippen LogP contribution in [-0.2, 0) is 6.54 Å². The largest absolute Gasteiger partial charge is 0.321 e. The van der Waals surface area contributed by atoms with Crippen molar-refractivity contribution >= 4 is 11.6 Å². The normalized spacial score (nSPS) is 10.0. The summed E-state index contributed by atoms with van der Waals surface area (Å²) >= 11 is 5.98. The molecule has 0 atom stereocenters. The Balaban J connectivity index is 2.67. The zero-order chi connectivity index (χ0) is 13.1. The zero-order valence-electron chi connectivity index (χ0n) is 9.34. The van der Waals surface area contributed by atoms with Gasteiger partial charge in [-0.25, -0.2) is 0 Å². The molecule has 0 bridgehead atoms. The predicted molar refractivity (Wildman–Crippen MR) is 70.1 cm³/mol. The Morgan fingerprint density at radius 1 is 1.17 bits per heavy atom. The standard InChI is InChI=1S/C13H9ClN2O2/c1-2-7-15-8-9-16(13(18)12(15)17)11-6-4-3-5-10(11)14/h1,3-6,8-9H,7H2. The Labute approximate surface area is 108 Å². The Morgan fingerprint density at radius 3 is 2.56 bits per heavy atom. The van der Waals surface area contributed by atoms with Crippen LogP contribution < -0.4 is 11.1 Å². The van der Waals surface area contributed by atoms with Crippen LogP contribution in [0.1, 0.15) is 0 Å². The molecule has 0 saturated heterocycles. The fourth-order valence-corrected chi connectivity index (χ4v) is 1.79. The maximum atomic E-state index is 11.9. The molecule has 0 N–H and O–H groups in total. The van der Waals surface area contributed by atoms with Gasteiger partial charge in [0.15, 0.2) is 0 Å². The van der Waals surface area contributed by atoms with E-state index in [0.29, 0.717) is 10.7 Å². The minimum Gasteiger partial charge on any atom is -0.298 e. The maximum absolute atomic E-state index is 11.9. The number of nitrogens with zero attached hydrogens (tertiary/aromatic N) is 2. The predicted octanol–water partition coefficient (Wildman–Crippen LogP) is 1.29. The first-order valence-corrected chi connectivity index (χ1v) is 5.53. The van der Waals surface area contributed by atoms with Gasteiger partial charge in [0.25, 0.3) is 0 Å². The van der Waals surface area contributed by atoms with E-state index >= 15 is 0 Å². The topological polar surface area (TPSA) is 44.0 Å². The second-order valence-corrected chi connectivity index (χ2v) is 3.97. The summed E-state index contributed by atoms with van der Waals surface area (Å²) in [5, 5.41) is 0.397. The summed E-state index contributed by atoms with van der Waals surface area (Å²) in [7, 11) is 0. The first-order valence-electron chi connectivity index (χ1n) is 5.15. The fraction of sp³-hybridized carbons (Fsp3) is 0.0769. The lowest BCUT2D eigenvalue weighted by molar-refractivity contribution is 0.744. The summed E-state index contributed by atoms with van der Waals surface area (Å²) < 4.78 is 2.38. The average molecular weight is 261 g/mol. The molecule has 0 aliphatic rings. The molecule has 2 rings (SSSR count). The second kappa shape index (κ2) is 4.94. The third-order valence-corrected chi connectivity index (χ3v) is 2.75. The Hall–Kier alpha value is -2.25. The number of para-hydroxylation sites is 1. The van der Waals surface area contributed by atoms with Crippen molar-refractivity contribution in [2.45, 2.75) is 6.54 Å². The molecule has 90 valence electrons. The lowest BCUT2D eigenvalue weighted by atomic mass is 10.3. The van der Waals surface area contributed by atoms with Gasteiger partial charge in [-0.3, -0.25) is 18.7 Å². The number of halogens is 1. The van der Waals surface area contributed by atoms with E-state index in [4.69, 9.17) is 18.0 Å². The van der Waals surface area contributed by atoms with Crippen molar-refractivity contribution in [3.05, 3.63) is 62.4 Å². The van der Waals surface area contributed by atoms with Crippen molar-refractivity contribution in [2.24, 2.45) is 0 Å². The molecule has 0 aliphatic carbocycles. The number of aromatic nitrogens is 2. The molecule has 0 fully saturated rings. The molecule has 18 heavy (non-hydrogen) atoms. The minimum absolute atomic E-state index is 0.0669. The molecular weight excluding hydrogens is 252 g/mol. The van der Waals surface area contributed by atoms with Gasteiger partial charge in [-0.05, 0) is 12.1 Å². The third-order valence-electron chi connectivity index (χ3n) is 2.43. The van der Waals surface area contributed by atoms with Crippen molar-refractivity contribution in [3.8, 4) is 18.0 Å². The smallest absolute Gasteiger partial charge is 0.298 e. The molecule has 4 nitrogen and oxygen atoms in total. The van der Waals surface area contributed by atoms with Gasteiger partial charge in [0, 0.05) is 12.4 Å². The van der Waals surface area contributed by atoms with Crippen molar-refractivity contribution in [1.29, 1.82) is 0 Å². The van der Waals surface area contributed by atoms with Crippen LogP contribution in [0.4, 0.5) is 0 Å². The highest BCUT2D eigenvalue weighted by atomic mass is 35.5. The SMILES string of the molecule is C#CCn1ccn(-c2ccccc2Cl)c(=O)c1=O. The van der Waals surface area contributed by atoms with E-state index in [-0.39, 0.29) is 6.54 Å². The molecule has 2 aromatic rings. The number of benzene rings is 1. The van der Waals surface area contributed by atoms with E-state index in [1.54, 1.807) is 24.3 Å². The highest BCUT2D eigenvalue weighted by Crippen LogP contribution is 2.17. The summed E-state index contributed by atoms with van der Waals surface area (Å²) in [5.41, 5.74) is -0.884. The van der Waals surface area contributed by atoms with Crippen LogP contribution in [-0.4, -0.2) is 9.13 Å². The van der Waals surface area contributed by atoms with E-state index < -0.39 is 11.1 Å². The van der Waals surface area contributed by atoms with Crippen LogP contribution in [0.3, 0.4) is 0 Å². The van der Waals surface area contributed by atoms with Crippen molar-refractivity contribution in [1.82, 2.24) is 9.13 Å². The Morgan fingerprint density at radius 2 is 1.89 bits per heavy atom. The van der Waals surface area contributed by atoms with Crippen LogP contribution in [0.15, 0.2) is 46.2 Å². The molecule has 5 heteroatoms. The highest BCUT2D eigenvalue weighted by Gasteiger charge is 2.08. The van der Waals surface area contributed by atoms with Crippen LogP contribution in [0.2, 0.25) is 5.02 Å². The third kappa shape index (κ3) is 2.08. The van der Waals surface area contributed by atoms with Crippen molar-refractivity contribution < 1.29 is 0 Å². The van der Waals surface area contributed by atoms with Crippen LogP contribution in [0, 0.1) is 12.3 Å². The van der Waals surface area contributed by atoms with Gasteiger partial charge in [0.1, 0.15) is 0 Å². The molecule has 0 amide bonds. The van der Waals surface area contributed by atoms with E-state index in [1.165, 1.54) is 21.5 Å². The van der Waals surface area contributed by atoms with Gasteiger partial charge in [-0.15, -0.1) is 6.42 Å². The van der Waals surface area contributed by atoms with Crippen molar-refractivity contribution in [3.63, 3.8) is 0 Å². The number of terminal acetylenes is 1. The van der Waals surface area contributed by atoms with E-state index in [0.717, 1.165) is 0 Å². The van der Waals surface area contributed by atoms with Crippen LogP contribution in [0.5, 0.6) is 0 Å². The summed E-state index contributed by atoms with van der Waals surface area (Å²) in [5.74, 6) is 2.31. The van der Waals surface area contributed by atoms with Gasteiger partial charge in [-0.2, -0.15) is 0 Å². The monoisotopic (exact) mass is 260 g/mol. The number of hydrogen-bond acceptors (Lipinski definition) is 2. The van der Waals surface area contributed by atoms with Gasteiger partial charge >= 0.3 is 11.1 Å². The molecule has 0 unspecified atom stereocenters. The first kappa shape index (κ1) is 12.2. The van der Waals surface area contributed by atoms with E-state index in [1.807, 2.05) is 0 Å². The Bertz CT molecular complexity index is 738. The summed E-state index contributed by atoms with van der Waals surface area (Å²) in [6.07, 6.45) is 8.05. The Kier molecular flexibility index (Phi) is 3.35. The molecule has 0 spiro atoms. The van der Waals surface area contributed by atoms with Crippen LogP contribution in [0.25, 0.3) is 5.69 Å². The highest BCUT2D eigenvalue weighted by molar-refractivity contribution is 6.32. The molecule has 1 heterocycles.